The normalized spacial score (nSPS) is 17.6. The minimum absolute atomic E-state index is 0.00596. The number of fused-ring (bicyclic) bond motifs is 1. The second-order valence-corrected chi connectivity index (χ2v) is 8.33. The van der Waals surface area contributed by atoms with Crippen molar-refractivity contribution in [2.24, 2.45) is 5.41 Å². The average molecular weight is 391 g/mol. The average Bonchev–Trinajstić information content (AvgIpc) is 3.16. The number of amides is 1. The summed E-state index contributed by atoms with van der Waals surface area (Å²) in [5.41, 5.74) is 3.19. The number of hydrogen-bond acceptors (Lipinski definition) is 6. The van der Waals surface area contributed by atoms with Gasteiger partial charge in [0, 0.05) is 42.2 Å². The zero-order valence-corrected chi connectivity index (χ0v) is 17.0. The molecule has 0 aliphatic heterocycles. The maximum absolute atomic E-state index is 12.8. The lowest BCUT2D eigenvalue weighted by atomic mass is 9.74. The number of hydrogen-bond donors (Lipinski definition) is 1. The van der Waals surface area contributed by atoms with Gasteiger partial charge >= 0.3 is 0 Å². The van der Waals surface area contributed by atoms with Crippen LogP contribution in [0.2, 0.25) is 0 Å². The van der Waals surface area contributed by atoms with Gasteiger partial charge in [-0.05, 0) is 36.8 Å². The molecule has 0 aromatic carbocycles. The van der Waals surface area contributed by atoms with Gasteiger partial charge in [0.1, 0.15) is 5.76 Å². The highest BCUT2D eigenvalue weighted by molar-refractivity contribution is 5.92. The molecule has 3 heterocycles. The van der Waals surface area contributed by atoms with E-state index in [-0.39, 0.29) is 17.4 Å². The number of nitrogens with zero attached hydrogens (tertiary/aromatic N) is 4. The molecule has 1 atom stereocenters. The third-order valence-corrected chi connectivity index (χ3v) is 5.21. The van der Waals surface area contributed by atoms with Gasteiger partial charge in [0.2, 0.25) is 0 Å². The lowest BCUT2D eigenvalue weighted by molar-refractivity contribution is 0.0909. The van der Waals surface area contributed by atoms with Crippen molar-refractivity contribution in [2.45, 2.75) is 52.5 Å². The molecule has 7 heteroatoms. The monoisotopic (exact) mass is 391 g/mol. The van der Waals surface area contributed by atoms with E-state index in [2.05, 4.69) is 41.2 Å². The summed E-state index contributed by atoms with van der Waals surface area (Å²) in [6.07, 6.45) is 8.65. The molecule has 0 spiro atoms. The van der Waals surface area contributed by atoms with Crippen molar-refractivity contribution >= 4 is 5.91 Å². The topological polar surface area (TPSA) is 93.8 Å². The van der Waals surface area contributed by atoms with Crippen LogP contribution in [0.25, 0.3) is 11.4 Å². The lowest BCUT2D eigenvalue weighted by Gasteiger charge is -2.36. The van der Waals surface area contributed by atoms with Crippen molar-refractivity contribution in [3.63, 3.8) is 0 Å². The highest BCUT2D eigenvalue weighted by atomic mass is 16.5. The lowest BCUT2D eigenvalue weighted by Crippen LogP contribution is -2.37. The molecular weight excluding hydrogens is 366 g/mol. The van der Waals surface area contributed by atoms with Crippen LogP contribution in [0.3, 0.4) is 0 Å². The fraction of sp³-hybridized carbons (Fsp3) is 0.409. The van der Waals surface area contributed by atoms with E-state index in [1.165, 1.54) is 0 Å². The predicted octanol–water partition coefficient (Wildman–Crippen LogP) is 3.92. The number of rotatable bonds is 5. The molecule has 0 fully saturated rings. The molecule has 0 saturated heterocycles. The third-order valence-electron chi connectivity index (χ3n) is 5.21. The number of pyridine rings is 1. The van der Waals surface area contributed by atoms with Gasteiger partial charge in [-0.1, -0.05) is 25.9 Å². The van der Waals surface area contributed by atoms with Crippen molar-refractivity contribution < 1.29 is 9.32 Å². The Hall–Kier alpha value is -3.09. The van der Waals surface area contributed by atoms with E-state index in [1.807, 2.05) is 18.3 Å². The van der Waals surface area contributed by atoms with Gasteiger partial charge in [-0.2, -0.15) is 0 Å². The molecule has 1 aliphatic rings. The first-order valence-corrected chi connectivity index (χ1v) is 9.98. The number of aromatic nitrogens is 4. The summed E-state index contributed by atoms with van der Waals surface area (Å²) in [7, 11) is 0. The minimum atomic E-state index is -0.233. The van der Waals surface area contributed by atoms with E-state index >= 15 is 0 Å². The second kappa shape index (κ2) is 7.73. The minimum Gasteiger partial charge on any atom is -0.361 e. The highest BCUT2D eigenvalue weighted by Crippen LogP contribution is 2.40. The van der Waals surface area contributed by atoms with Crippen LogP contribution < -0.4 is 5.32 Å². The molecule has 150 valence electrons. The first kappa shape index (κ1) is 19.2. The summed E-state index contributed by atoms with van der Waals surface area (Å²) in [4.78, 5) is 26.2. The number of carbonyl (C=O) groups excluding carboxylic acids is 1. The Kier molecular flexibility index (Phi) is 5.13. The van der Waals surface area contributed by atoms with Gasteiger partial charge in [0.15, 0.2) is 11.5 Å². The zero-order chi connectivity index (χ0) is 20.4. The first-order chi connectivity index (χ1) is 13.9. The largest absolute Gasteiger partial charge is 0.361 e. The Morgan fingerprint density at radius 1 is 1.31 bits per heavy atom. The van der Waals surface area contributed by atoms with Crippen LogP contribution in [0.4, 0.5) is 0 Å². The molecule has 0 unspecified atom stereocenters. The van der Waals surface area contributed by atoms with E-state index in [0.29, 0.717) is 11.5 Å². The van der Waals surface area contributed by atoms with E-state index in [4.69, 9.17) is 9.51 Å². The van der Waals surface area contributed by atoms with Crippen LogP contribution in [0.1, 0.15) is 67.2 Å². The van der Waals surface area contributed by atoms with E-state index in [9.17, 15) is 4.79 Å². The van der Waals surface area contributed by atoms with Crippen molar-refractivity contribution in [3.8, 4) is 11.4 Å². The summed E-state index contributed by atoms with van der Waals surface area (Å²) < 4.78 is 5.25. The SMILES string of the molecule is CCCc1cc(C(=O)N[C@H]2CC(C)(C)Cc3nc(-c4ccncc4)ncc32)no1. The molecular formula is C22H25N5O2. The molecule has 29 heavy (non-hydrogen) atoms. The van der Waals surface area contributed by atoms with Crippen LogP contribution in [0.5, 0.6) is 0 Å². The van der Waals surface area contributed by atoms with Gasteiger partial charge in [0.05, 0.1) is 11.7 Å². The molecule has 4 rings (SSSR count). The Bertz CT molecular complexity index is 1010. The molecule has 7 nitrogen and oxygen atoms in total. The van der Waals surface area contributed by atoms with Crippen molar-refractivity contribution in [3.05, 3.63) is 59.5 Å². The molecule has 1 amide bonds. The number of carbonyl (C=O) groups is 1. The van der Waals surface area contributed by atoms with Gasteiger partial charge in [-0.15, -0.1) is 0 Å². The zero-order valence-electron chi connectivity index (χ0n) is 17.0. The van der Waals surface area contributed by atoms with Crippen LogP contribution in [-0.4, -0.2) is 26.0 Å². The first-order valence-electron chi connectivity index (χ1n) is 9.98. The summed E-state index contributed by atoms with van der Waals surface area (Å²) in [5, 5.41) is 7.03. The van der Waals surface area contributed by atoms with E-state index in [0.717, 1.165) is 48.3 Å². The molecule has 0 bridgehead atoms. The fourth-order valence-corrected chi connectivity index (χ4v) is 3.83. The van der Waals surface area contributed by atoms with Gasteiger partial charge < -0.3 is 9.84 Å². The number of aryl methyl sites for hydroxylation is 1. The molecule has 3 aromatic rings. The summed E-state index contributed by atoms with van der Waals surface area (Å²) in [5.74, 6) is 1.17. The van der Waals surface area contributed by atoms with Gasteiger partial charge in [-0.3, -0.25) is 9.78 Å². The molecule has 0 saturated carbocycles. The van der Waals surface area contributed by atoms with Gasteiger partial charge in [0.25, 0.3) is 5.91 Å². The van der Waals surface area contributed by atoms with Crippen LogP contribution in [0.15, 0.2) is 41.3 Å². The molecule has 1 aliphatic carbocycles. The van der Waals surface area contributed by atoms with E-state index in [1.54, 1.807) is 18.5 Å². The van der Waals surface area contributed by atoms with Crippen molar-refractivity contribution in [1.82, 2.24) is 25.4 Å². The summed E-state index contributed by atoms with van der Waals surface area (Å²) in [6.45, 7) is 6.45. The fourth-order valence-electron chi connectivity index (χ4n) is 3.83. The Morgan fingerprint density at radius 3 is 2.86 bits per heavy atom. The smallest absolute Gasteiger partial charge is 0.273 e. The van der Waals surface area contributed by atoms with E-state index < -0.39 is 0 Å². The Labute approximate surface area is 170 Å². The van der Waals surface area contributed by atoms with Crippen molar-refractivity contribution in [1.29, 1.82) is 0 Å². The maximum atomic E-state index is 12.8. The predicted molar refractivity (Wildman–Crippen MR) is 108 cm³/mol. The molecule has 1 N–H and O–H groups in total. The standard InChI is InChI=1S/C22H25N5O2/c1-4-5-15-10-17(27-29-15)21(28)26-19-12-22(2,3)11-18-16(19)13-24-20(25-18)14-6-8-23-9-7-14/h6-10,13,19H,4-5,11-12H2,1-3H3,(H,26,28)/t19-/m0/s1. The van der Waals surface area contributed by atoms with Crippen LogP contribution >= 0.6 is 0 Å². The number of nitrogens with one attached hydrogen (secondary N) is 1. The summed E-state index contributed by atoms with van der Waals surface area (Å²) in [6, 6.07) is 5.34. The van der Waals surface area contributed by atoms with Crippen LogP contribution in [-0.2, 0) is 12.8 Å². The maximum Gasteiger partial charge on any atom is 0.273 e. The molecule has 3 aromatic heterocycles. The third kappa shape index (κ3) is 4.18. The Morgan fingerprint density at radius 2 is 2.10 bits per heavy atom. The van der Waals surface area contributed by atoms with Gasteiger partial charge in [-0.25, -0.2) is 9.97 Å². The summed E-state index contributed by atoms with van der Waals surface area (Å²) >= 11 is 0. The van der Waals surface area contributed by atoms with Crippen molar-refractivity contribution in [2.75, 3.05) is 0 Å². The molecule has 0 radical (unpaired) electrons. The van der Waals surface area contributed by atoms with Crippen LogP contribution in [0, 0.1) is 5.41 Å². The quantitative estimate of drug-likeness (QED) is 0.708. The highest BCUT2D eigenvalue weighted by Gasteiger charge is 2.35. The Balaban J connectivity index is 1.60. The second-order valence-electron chi connectivity index (χ2n) is 8.33.